The molecule has 1 aliphatic carbocycles. The molecule has 9 nitrogen and oxygen atoms in total. The Balaban J connectivity index is 1.56. The van der Waals surface area contributed by atoms with Crippen LogP contribution >= 0.6 is 11.3 Å². The van der Waals surface area contributed by atoms with Crippen LogP contribution in [0.3, 0.4) is 0 Å². The maximum Gasteiger partial charge on any atom is 0.330 e. The van der Waals surface area contributed by atoms with E-state index in [0.29, 0.717) is 18.3 Å². The normalized spacial score (nSPS) is 13.4. The fourth-order valence-corrected chi connectivity index (χ4v) is 4.95. The maximum absolute atomic E-state index is 12.4. The molecule has 3 aromatic rings. The van der Waals surface area contributed by atoms with Crippen LogP contribution in [0.15, 0.2) is 20.1 Å². The number of rotatable bonds is 7. The molecule has 3 aromatic heterocycles. The number of aromatic amines is 1. The van der Waals surface area contributed by atoms with Crippen molar-refractivity contribution in [1.29, 1.82) is 0 Å². The lowest BCUT2D eigenvalue weighted by Crippen LogP contribution is -2.37. The van der Waals surface area contributed by atoms with Gasteiger partial charge in [0.25, 0.3) is 11.4 Å². The molecule has 0 amide bonds. The number of hydrogen-bond donors (Lipinski definition) is 2. The number of nitrogens with two attached hydrogens (primary N) is 1. The molecular weight excluding hydrogens is 404 g/mol. The molecule has 4 rings (SSSR count). The van der Waals surface area contributed by atoms with E-state index in [4.69, 9.17) is 10.2 Å². The Morgan fingerprint density at radius 1 is 1.30 bits per heavy atom. The van der Waals surface area contributed by atoms with Crippen molar-refractivity contribution >= 4 is 22.8 Å². The molecule has 0 atom stereocenters. The highest BCUT2D eigenvalue weighted by Crippen LogP contribution is 2.35. The van der Waals surface area contributed by atoms with Gasteiger partial charge < -0.3 is 15.1 Å². The van der Waals surface area contributed by atoms with Crippen molar-refractivity contribution in [2.45, 2.75) is 58.5 Å². The Bertz CT molecular complexity index is 1130. The van der Waals surface area contributed by atoms with Crippen LogP contribution in [-0.2, 0) is 25.9 Å². The summed E-state index contributed by atoms with van der Waals surface area (Å²) < 4.78 is 7.26. The summed E-state index contributed by atoms with van der Waals surface area (Å²) in [5.41, 5.74) is 6.74. The van der Waals surface area contributed by atoms with Gasteiger partial charge in [-0.05, 0) is 43.7 Å². The summed E-state index contributed by atoms with van der Waals surface area (Å²) >= 11 is 1.71. The third-order valence-corrected chi connectivity index (χ3v) is 6.60. The van der Waals surface area contributed by atoms with Crippen LogP contribution in [0.4, 0.5) is 11.5 Å². The van der Waals surface area contributed by atoms with Crippen molar-refractivity contribution in [3.63, 3.8) is 0 Å². The zero-order valence-corrected chi connectivity index (χ0v) is 18.0. The average molecular weight is 431 g/mol. The highest BCUT2D eigenvalue weighted by atomic mass is 32.1. The van der Waals surface area contributed by atoms with E-state index in [1.54, 1.807) is 23.3 Å². The van der Waals surface area contributed by atoms with Crippen molar-refractivity contribution in [1.82, 2.24) is 19.7 Å². The van der Waals surface area contributed by atoms with Crippen LogP contribution in [0.1, 0.15) is 48.9 Å². The highest BCUT2D eigenvalue weighted by Gasteiger charge is 2.20. The lowest BCUT2D eigenvalue weighted by Gasteiger charge is -2.20. The van der Waals surface area contributed by atoms with E-state index in [1.807, 2.05) is 6.92 Å². The van der Waals surface area contributed by atoms with Gasteiger partial charge in [-0.15, -0.1) is 21.5 Å². The van der Waals surface area contributed by atoms with E-state index in [0.717, 1.165) is 30.6 Å². The molecule has 0 aromatic carbocycles. The number of nitrogen functional groups attached to an aromatic ring is 1. The van der Waals surface area contributed by atoms with Crippen LogP contribution in [-0.4, -0.2) is 26.8 Å². The van der Waals surface area contributed by atoms with Crippen molar-refractivity contribution < 1.29 is 4.42 Å². The quantitative estimate of drug-likeness (QED) is 0.590. The Morgan fingerprint density at radius 3 is 2.87 bits per heavy atom. The van der Waals surface area contributed by atoms with Crippen molar-refractivity contribution in [3.8, 4) is 10.8 Å². The van der Waals surface area contributed by atoms with Gasteiger partial charge in [0.2, 0.25) is 5.89 Å². The second kappa shape index (κ2) is 8.47. The predicted molar refractivity (Wildman–Crippen MR) is 117 cm³/mol. The summed E-state index contributed by atoms with van der Waals surface area (Å²) in [6.07, 6.45) is 6.36. The van der Waals surface area contributed by atoms with Crippen LogP contribution < -0.4 is 21.9 Å². The number of fused-ring (bicyclic) bond motifs is 1. The number of aromatic nitrogens is 4. The van der Waals surface area contributed by atoms with Gasteiger partial charge in [-0.1, -0.05) is 13.3 Å². The fourth-order valence-electron chi connectivity index (χ4n) is 3.78. The molecule has 1 aliphatic rings. The molecule has 10 heteroatoms. The van der Waals surface area contributed by atoms with Crippen molar-refractivity contribution in [2.24, 2.45) is 0 Å². The van der Waals surface area contributed by atoms with Gasteiger partial charge in [0, 0.05) is 18.5 Å². The molecule has 0 fully saturated rings. The summed E-state index contributed by atoms with van der Waals surface area (Å²) in [6.45, 7) is 2.68. The molecule has 160 valence electrons. The first kappa shape index (κ1) is 20.4. The first-order chi connectivity index (χ1) is 14.5. The Labute approximate surface area is 177 Å². The van der Waals surface area contributed by atoms with Gasteiger partial charge in [0.1, 0.15) is 11.5 Å². The van der Waals surface area contributed by atoms with Crippen LogP contribution in [0.5, 0.6) is 0 Å². The second-order valence-electron chi connectivity index (χ2n) is 7.62. The van der Waals surface area contributed by atoms with Crippen LogP contribution in [0, 0.1) is 0 Å². The first-order valence-corrected chi connectivity index (χ1v) is 11.1. The lowest BCUT2D eigenvalue weighted by molar-refractivity contribution is 0.503. The monoisotopic (exact) mass is 430 g/mol. The Hall–Kier alpha value is -2.88. The minimum absolute atomic E-state index is 0.144. The van der Waals surface area contributed by atoms with Crippen molar-refractivity contribution in [2.75, 3.05) is 17.7 Å². The Morgan fingerprint density at radius 2 is 2.10 bits per heavy atom. The molecule has 0 bridgehead atoms. The summed E-state index contributed by atoms with van der Waals surface area (Å²) in [5, 5.41) is 8.33. The van der Waals surface area contributed by atoms with Crippen molar-refractivity contribution in [3.05, 3.63) is 43.2 Å². The zero-order chi connectivity index (χ0) is 21.3. The van der Waals surface area contributed by atoms with Gasteiger partial charge >= 0.3 is 5.69 Å². The number of thiophene rings is 1. The third-order valence-electron chi connectivity index (χ3n) is 5.38. The summed E-state index contributed by atoms with van der Waals surface area (Å²) in [5.74, 6) is 1.02. The number of H-pyrrole nitrogens is 1. The van der Waals surface area contributed by atoms with Crippen LogP contribution in [0.2, 0.25) is 0 Å². The smallest absolute Gasteiger partial charge is 0.330 e. The SMILES string of the molecule is CCCCn1c(N)c(N(C)Cc2nnc(-c3cc4c(s3)CCCC4)o2)c(=O)[nH]c1=O. The largest absolute Gasteiger partial charge is 0.418 e. The van der Waals surface area contributed by atoms with E-state index in [9.17, 15) is 9.59 Å². The van der Waals surface area contributed by atoms with E-state index < -0.39 is 11.2 Å². The van der Waals surface area contributed by atoms with E-state index >= 15 is 0 Å². The van der Waals surface area contributed by atoms with E-state index in [1.165, 1.54) is 27.8 Å². The topological polar surface area (TPSA) is 123 Å². The standard InChI is InChI=1S/C20H26N6O3S/c1-3-4-9-26-17(21)16(18(27)22-20(26)28)25(2)11-15-23-24-19(29-15)14-10-12-7-5-6-8-13(12)30-14/h10H,3-9,11,21H2,1-2H3,(H,22,27,28). The number of nitrogens with one attached hydrogen (secondary N) is 1. The molecule has 30 heavy (non-hydrogen) atoms. The van der Waals surface area contributed by atoms with Gasteiger partial charge in [0.15, 0.2) is 0 Å². The number of unbranched alkanes of at least 4 members (excludes halogenated alkanes) is 1. The molecular formula is C20H26N6O3S. The van der Waals surface area contributed by atoms with Gasteiger partial charge in [-0.25, -0.2) is 4.79 Å². The fraction of sp³-hybridized carbons (Fsp3) is 0.500. The molecule has 0 saturated heterocycles. The highest BCUT2D eigenvalue weighted by molar-refractivity contribution is 7.15. The van der Waals surface area contributed by atoms with Gasteiger partial charge in [0.05, 0.1) is 11.4 Å². The molecule has 0 unspecified atom stereocenters. The molecule has 3 N–H and O–H groups in total. The summed E-state index contributed by atoms with van der Waals surface area (Å²) in [4.78, 5) is 30.9. The van der Waals surface area contributed by atoms with Gasteiger partial charge in [-0.2, -0.15) is 0 Å². The van der Waals surface area contributed by atoms with Gasteiger partial charge in [-0.3, -0.25) is 14.3 Å². The zero-order valence-electron chi connectivity index (χ0n) is 17.2. The van der Waals surface area contributed by atoms with E-state index in [-0.39, 0.29) is 18.1 Å². The molecule has 0 saturated carbocycles. The third kappa shape index (κ3) is 3.91. The average Bonchev–Trinajstić information content (AvgIpc) is 3.34. The molecule has 0 radical (unpaired) electrons. The number of anilines is 2. The van der Waals surface area contributed by atoms with Crippen LogP contribution in [0.25, 0.3) is 10.8 Å². The Kier molecular flexibility index (Phi) is 5.76. The molecule has 0 spiro atoms. The number of aryl methyl sites for hydroxylation is 2. The minimum atomic E-state index is -0.529. The number of hydrogen-bond acceptors (Lipinski definition) is 8. The lowest BCUT2D eigenvalue weighted by atomic mass is 9.99. The predicted octanol–water partition coefficient (Wildman–Crippen LogP) is 2.55. The first-order valence-electron chi connectivity index (χ1n) is 10.3. The minimum Gasteiger partial charge on any atom is -0.418 e. The summed E-state index contributed by atoms with van der Waals surface area (Å²) in [7, 11) is 1.71. The molecule has 0 aliphatic heterocycles. The molecule has 3 heterocycles. The second-order valence-corrected chi connectivity index (χ2v) is 8.76. The van der Waals surface area contributed by atoms with E-state index in [2.05, 4.69) is 21.2 Å². The summed E-state index contributed by atoms with van der Waals surface area (Å²) in [6, 6.07) is 2.15. The maximum atomic E-state index is 12.4. The number of nitrogens with zero attached hydrogens (tertiary/aromatic N) is 4.